The quantitative estimate of drug-likeness (QED) is 0.830. The lowest BCUT2D eigenvalue weighted by molar-refractivity contribution is 0.933. The normalized spacial score (nSPS) is 10.9. The molecular formula is C9H10BrN3. The average molecular weight is 240 g/mol. The van der Waals surface area contributed by atoms with E-state index < -0.39 is 0 Å². The molecular weight excluding hydrogens is 230 g/mol. The maximum Gasteiger partial charge on any atom is 0.151 e. The molecule has 2 heterocycles. The molecule has 4 heteroatoms. The van der Waals surface area contributed by atoms with Crippen molar-refractivity contribution in [1.29, 1.82) is 0 Å². The summed E-state index contributed by atoms with van der Waals surface area (Å²) >= 11 is 3.45. The van der Waals surface area contributed by atoms with E-state index in [9.17, 15) is 0 Å². The van der Waals surface area contributed by atoms with Crippen LogP contribution in [0.4, 0.5) is 5.82 Å². The summed E-state index contributed by atoms with van der Waals surface area (Å²) in [5, 5.41) is 0. The molecule has 2 rings (SSSR count). The van der Waals surface area contributed by atoms with Gasteiger partial charge in [0.1, 0.15) is 11.3 Å². The van der Waals surface area contributed by atoms with Crippen LogP contribution < -0.4 is 5.73 Å². The second-order valence-electron chi connectivity index (χ2n) is 2.84. The van der Waals surface area contributed by atoms with Crippen LogP contribution in [0.5, 0.6) is 0 Å². The summed E-state index contributed by atoms with van der Waals surface area (Å²) in [6.45, 7) is 2.06. The summed E-state index contributed by atoms with van der Waals surface area (Å²) in [4.78, 5) is 4.28. The van der Waals surface area contributed by atoms with Crippen molar-refractivity contribution in [2.45, 2.75) is 13.3 Å². The Morgan fingerprint density at radius 1 is 1.62 bits per heavy atom. The largest absolute Gasteiger partial charge is 0.382 e. The van der Waals surface area contributed by atoms with E-state index in [0.717, 1.165) is 22.2 Å². The van der Waals surface area contributed by atoms with Crippen molar-refractivity contribution in [3.63, 3.8) is 0 Å². The van der Waals surface area contributed by atoms with Crippen LogP contribution in [0.1, 0.15) is 12.7 Å². The number of aryl methyl sites for hydroxylation is 1. The summed E-state index contributed by atoms with van der Waals surface area (Å²) < 4.78 is 3.00. The number of aromatic nitrogens is 2. The highest BCUT2D eigenvalue weighted by atomic mass is 79.9. The van der Waals surface area contributed by atoms with E-state index in [1.54, 1.807) is 0 Å². The monoisotopic (exact) mass is 239 g/mol. The lowest BCUT2D eigenvalue weighted by Crippen LogP contribution is -1.91. The van der Waals surface area contributed by atoms with Crippen molar-refractivity contribution >= 4 is 27.3 Å². The van der Waals surface area contributed by atoms with Gasteiger partial charge in [-0.2, -0.15) is 0 Å². The molecule has 0 spiro atoms. The van der Waals surface area contributed by atoms with Gasteiger partial charge >= 0.3 is 0 Å². The second-order valence-corrected chi connectivity index (χ2v) is 3.70. The topological polar surface area (TPSA) is 43.3 Å². The number of hydrogen-bond donors (Lipinski definition) is 1. The first-order chi connectivity index (χ1) is 6.24. The van der Waals surface area contributed by atoms with E-state index in [1.807, 2.05) is 22.7 Å². The lowest BCUT2D eigenvalue weighted by atomic mass is 10.4. The van der Waals surface area contributed by atoms with Crippen LogP contribution in [0, 0.1) is 0 Å². The molecule has 0 bridgehead atoms. The smallest absolute Gasteiger partial charge is 0.151 e. The summed E-state index contributed by atoms with van der Waals surface area (Å²) in [5.74, 6) is 1.58. The van der Waals surface area contributed by atoms with Crippen molar-refractivity contribution in [3.05, 3.63) is 28.6 Å². The number of fused-ring (bicyclic) bond motifs is 1. The Hall–Kier alpha value is -1.03. The number of hydrogen-bond acceptors (Lipinski definition) is 2. The third kappa shape index (κ3) is 1.21. The second kappa shape index (κ2) is 3.03. The molecule has 13 heavy (non-hydrogen) atoms. The predicted molar refractivity (Wildman–Crippen MR) is 56.7 cm³/mol. The van der Waals surface area contributed by atoms with Gasteiger partial charge in [-0.3, -0.25) is 0 Å². The molecule has 2 N–H and O–H groups in total. The van der Waals surface area contributed by atoms with Crippen LogP contribution in [0.25, 0.3) is 5.52 Å². The number of nitrogen functional groups attached to an aromatic ring is 1. The van der Waals surface area contributed by atoms with Crippen LogP contribution in [0.2, 0.25) is 0 Å². The SMILES string of the molecule is CCc1nc(N)c2c(Br)cccn12. The maximum absolute atomic E-state index is 5.79. The summed E-state index contributed by atoms with van der Waals surface area (Å²) in [5.41, 5.74) is 6.75. The molecule has 68 valence electrons. The van der Waals surface area contributed by atoms with E-state index in [0.29, 0.717) is 5.82 Å². The van der Waals surface area contributed by atoms with Crippen molar-refractivity contribution in [1.82, 2.24) is 9.38 Å². The molecule has 2 aromatic heterocycles. The Bertz CT molecular complexity index is 447. The summed E-state index contributed by atoms with van der Waals surface area (Å²) in [6, 6.07) is 3.93. The number of nitrogens with two attached hydrogens (primary N) is 1. The third-order valence-corrected chi connectivity index (χ3v) is 2.67. The minimum Gasteiger partial charge on any atom is -0.382 e. The van der Waals surface area contributed by atoms with E-state index in [-0.39, 0.29) is 0 Å². The van der Waals surface area contributed by atoms with Gasteiger partial charge in [-0.1, -0.05) is 6.92 Å². The van der Waals surface area contributed by atoms with Gasteiger partial charge in [-0.25, -0.2) is 4.98 Å². The van der Waals surface area contributed by atoms with Crippen LogP contribution in [-0.2, 0) is 6.42 Å². The van der Waals surface area contributed by atoms with Crippen molar-refractivity contribution in [2.75, 3.05) is 5.73 Å². The van der Waals surface area contributed by atoms with Crippen molar-refractivity contribution < 1.29 is 0 Å². The Morgan fingerprint density at radius 2 is 2.38 bits per heavy atom. The number of anilines is 1. The Labute approximate surface area is 84.7 Å². The molecule has 0 aromatic carbocycles. The molecule has 0 saturated heterocycles. The maximum atomic E-state index is 5.79. The van der Waals surface area contributed by atoms with E-state index in [1.165, 1.54) is 0 Å². The molecule has 0 aliphatic rings. The molecule has 0 aliphatic carbocycles. The fourth-order valence-electron chi connectivity index (χ4n) is 1.44. The average Bonchev–Trinajstić information content (AvgIpc) is 2.44. The van der Waals surface area contributed by atoms with E-state index in [4.69, 9.17) is 5.73 Å². The van der Waals surface area contributed by atoms with Gasteiger partial charge in [0.15, 0.2) is 5.82 Å². The van der Waals surface area contributed by atoms with Gasteiger partial charge in [0, 0.05) is 17.1 Å². The van der Waals surface area contributed by atoms with Crippen molar-refractivity contribution in [2.24, 2.45) is 0 Å². The molecule has 0 unspecified atom stereocenters. The molecule has 0 saturated carbocycles. The highest BCUT2D eigenvalue weighted by molar-refractivity contribution is 9.10. The number of halogens is 1. The Kier molecular flexibility index (Phi) is 2.00. The molecule has 0 atom stereocenters. The minimum atomic E-state index is 0.587. The van der Waals surface area contributed by atoms with Crippen LogP contribution >= 0.6 is 15.9 Å². The van der Waals surface area contributed by atoms with Crippen LogP contribution in [0.15, 0.2) is 22.8 Å². The van der Waals surface area contributed by atoms with Crippen molar-refractivity contribution in [3.8, 4) is 0 Å². The van der Waals surface area contributed by atoms with Gasteiger partial charge < -0.3 is 10.1 Å². The van der Waals surface area contributed by atoms with Gasteiger partial charge in [0.25, 0.3) is 0 Å². The highest BCUT2D eigenvalue weighted by Gasteiger charge is 2.08. The van der Waals surface area contributed by atoms with Gasteiger partial charge in [0.05, 0.1) is 0 Å². The number of nitrogens with zero attached hydrogens (tertiary/aromatic N) is 2. The van der Waals surface area contributed by atoms with Crippen LogP contribution in [0.3, 0.4) is 0 Å². The summed E-state index contributed by atoms with van der Waals surface area (Å²) in [6.07, 6.45) is 2.86. The lowest BCUT2D eigenvalue weighted by Gasteiger charge is -1.98. The number of rotatable bonds is 1. The standard InChI is InChI=1S/C9H10BrN3/c1-2-7-12-9(11)8-6(10)4-3-5-13(7)8/h3-5H,2,11H2,1H3. The molecule has 0 radical (unpaired) electrons. The zero-order valence-corrected chi connectivity index (χ0v) is 8.87. The molecule has 3 nitrogen and oxygen atoms in total. The van der Waals surface area contributed by atoms with Gasteiger partial charge in [0.2, 0.25) is 0 Å². The Balaban J connectivity index is 2.87. The third-order valence-electron chi connectivity index (χ3n) is 2.03. The molecule has 0 aliphatic heterocycles. The predicted octanol–water partition coefficient (Wildman–Crippen LogP) is 2.24. The number of pyridine rings is 1. The van der Waals surface area contributed by atoms with E-state index in [2.05, 4.69) is 27.8 Å². The zero-order valence-electron chi connectivity index (χ0n) is 7.29. The van der Waals surface area contributed by atoms with Gasteiger partial charge in [-0.05, 0) is 28.1 Å². The molecule has 0 amide bonds. The van der Waals surface area contributed by atoms with Crippen LogP contribution in [-0.4, -0.2) is 9.38 Å². The molecule has 2 aromatic rings. The first-order valence-corrected chi connectivity index (χ1v) is 4.94. The summed E-state index contributed by atoms with van der Waals surface area (Å²) in [7, 11) is 0. The van der Waals surface area contributed by atoms with E-state index >= 15 is 0 Å². The highest BCUT2D eigenvalue weighted by Crippen LogP contribution is 2.24. The first kappa shape index (κ1) is 8.56. The fraction of sp³-hybridized carbons (Fsp3) is 0.222. The first-order valence-electron chi connectivity index (χ1n) is 4.15. The Morgan fingerprint density at radius 3 is 3.08 bits per heavy atom. The fourth-order valence-corrected chi connectivity index (χ4v) is 1.98. The molecule has 0 fully saturated rings. The van der Waals surface area contributed by atoms with Gasteiger partial charge in [-0.15, -0.1) is 0 Å². The minimum absolute atomic E-state index is 0.587. The number of imidazole rings is 1. The zero-order chi connectivity index (χ0) is 9.42.